The molecular weight excluding hydrogens is 224 g/mol. The highest BCUT2D eigenvalue weighted by Crippen LogP contribution is 2.25. The van der Waals surface area contributed by atoms with Crippen molar-refractivity contribution in [1.82, 2.24) is 10.2 Å². The second-order valence-corrected chi connectivity index (χ2v) is 5.74. The Balaban J connectivity index is 2.62. The van der Waals surface area contributed by atoms with Crippen molar-refractivity contribution >= 4 is 9.84 Å². The number of hydrogen-bond acceptors (Lipinski definition) is 3. The molecule has 0 saturated heterocycles. The van der Waals surface area contributed by atoms with Crippen LogP contribution in [0.1, 0.15) is 5.56 Å². The molecular formula is C11H12N2O2S. The third-order valence-corrected chi connectivity index (χ3v) is 3.42. The number of sulfone groups is 1. The van der Waals surface area contributed by atoms with Gasteiger partial charge in [0.1, 0.15) is 4.90 Å². The van der Waals surface area contributed by atoms with Crippen molar-refractivity contribution in [3.63, 3.8) is 0 Å². The van der Waals surface area contributed by atoms with E-state index in [-0.39, 0.29) is 4.90 Å². The number of hydrogen-bond donors (Lipinski definition) is 1. The van der Waals surface area contributed by atoms with Gasteiger partial charge in [0, 0.05) is 11.8 Å². The molecule has 1 heterocycles. The molecule has 0 unspecified atom stereocenters. The smallest absolute Gasteiger partial charge is 0.179 e. The molecule has 0 saturated carbocycles. The molecule has 0 aliphatic carbocycles. The molecule has 5 heteroatoms. The summed E-state index contributed by atoms with van der Waals surface area (Å²) in [5.74, 6) is 0. The predicted octanol–water partition coefficient (Wildman–Crippen LogP) is 1.79. The lowest BCUT2D eigenvalue weighted by Gasteiger charge is -2.02. The Kier molecular flexibility index (Phi) is 2.55. The van der Waals surface area contributed by atoms with Crippen LogP contribution >= 0.6 is 0 Å². The van der Waals surface area contributed by atoms with Crippen LogP contribution in [0, 0.1) is 6.92 Å². The van der Waals surface area contributed by atoms with Gasteiger partial charge in [-0.2, -0.15) is 5.10 Å². The summed E-state index contributed by atoms with van der Waals surface area (Å²) in [6.45, 7) is 1.96. The molecule has 1 aromatic carbocycles. The molecule has 16 heavy (non-hydrogen) atoms. The van der Waals surface area contributed by atoms with E-state index in [1.807, 2.05) is 31.2 Å². The first-order chi connectivity index (χ1) is 7.48. The minimum Gasteiger partial charge on any atom is -0.276 e. The lowest BCUT2D eigenvalue weighted by atomic mass is 10.1. The minimum atomic E-state index is -3.24. The highest BCUT2D eigenvalue weighted by atomic mass is 32.2. The third-order valence-electron chi connectivity index (χ3n) is 2.31. The van der Waals surface area contributed by atoms with E-state index in [9.17, 15) is 8.42 Å². The number of aryl methyl sites for hydroxylation is 1. The summed E-state index contributed by atoms with van der Waals surface area (Å²) in [5.41, 5.74) is 2.45. The predicted molar refractivity (Wildman–Crippen MR) is 61.9 cm³/mol. The van der Waals surface area contributed by atoms with Crippen molar-refractivity contribution in [2.24, 2.45) is 0 Å². The van der Waals surface area contributed by atoms with E-state index in [2.05, 4.69) is 10.2 Å². The van der Waals surface area contributed by atoms with Crippen molar-refractivity contribution in [1.29, 1.82) is 0 Å². The third kappa shape index (κ3) is 1.99. The van der Waals surface area contributed by atoms with E-state index in [0.717, 1.165) is 11.1 Å². The summed E-state index contributed by atoms with van der Waals surface area (Å²) in [5, 5.41) is 6.52. The summed E-state index contributed by atoms with van der Waals surface area (Å²) in [6.07, 6.45) is 2.52. The van der Waals surface area contributed by atoms with Gasteiger partial charge in [0.2, 0.25) is 0 Å². The fourth-order valence-electron chi connectivity index (χ4n) is 1.56. The summed E-state index contributed by atoms with van der Waals surface area (Å²) in [6, 6.07) is 7.62. The summed E-state index contributed by atoms with van der Waals surface area (Å²) >= 11 is 0. The van der Waals surface area contributed by atoms with E-state index in [1.54, 1.807) is 0 Å². The summed E-state index contributed by atoms with van der Waals surface area (Å²) < 4.78 is 23.0. The number of nitrogens with one attached hydrogen (secondary N) is 1. The van der Waals surface area contributed by atoms with Crippen LogP contribution in [0.2, 0.25) is 0 Å². The first-order valence-corrected chi connectivity index (χ1v) is 6.68. The van der Waals surface area contributed by atoms with E-state index >= 15 is 0 Å². The molecule has 0 amide bonds. The number of aromatic amines is 1. The SMILES string of the molecule is Cc1cccc(-c2[nH]ncc2S(C)(=O)=O)c1. The molecule has 0 aliphatic heterocycles. The van der Waals surface area contributed by atoms with Gasteiger partial charge in [-0.1, -0.05) is 23.8 Å². The Bertz CT molecular complexity index is 614. The summed E-state index contributed by atoms with van der Waals surface area (Å²) in [7, 11) is -3.24. The van der Waals surface area contributed by atoms with Crippen LogP contribution in [0.3, 0.4) is 0 Å². The second-order valence-electron chi connectivity index (χ2n) is 3.75. The van der Waals surface area contributed by atoms with Crippen molar-refractivity contribution in [2.75, 3.05) is 6.26 Å². The molecule has 0 aliphatic rings. The quantitative estimate of drug-likeness (QED) is 0.864. The van der Waals surface area contributed by atoms with Crippen LogP contribution in [-0.2, 0) is 9.84 Å². The largest absolute Gasteiger partial charge is 0.276 e. The maximum Gasteiger partial charge on any atom is 0.179 e. The van der Waals surface area contributed by atoms with E-state index in [1.165, 1.54) is 12.5 Å². The Hall–Kier alpha value is -1.62. The lowest BCUT2D eigenvalue weighted by Crippen LogP contribution is -1.97. The number of aromatic nitrogens is 2. The number of nitrogens with zero attached hydrogens (tertiary/aromatic N) is 1. The van der Waals surface area contributed by atoms with Gasteiger partial charge < -0.3 is 0 Å². The topological polar surface area (TPSA) is 62.8 Å². The second kappa shape index (κ2) is 3.75. The normalized spacial score (nSPS) is 11.6. The van der Waals surface area contributed by atoms with Crippen molar-refractivity contribution < 1.29 is 8.42 Å². The van der Waals surface area contributed by atoms with Gasteiger partial charge in [0.15, 0.2) is 9.84 Å². The van der Waals surface area contributed by atoms with Crippen LogP contribution in [0.5, 0.6) is 0 Å². The zero-order chi connectivity index (χ0) is 11.8. The highest BCUT2D eigenvalue weighted by Gasteiger charge is 2.16. The van der Waals surface area contributed by atoms with E-state index in [4.69, 9.17) is 0 Å². The standard InChI is InChI=1S/C11H12N2O2S/c1-8-4-3-5-9(6-8)11-10(7-12-13-11)16(2,14)15/h3-7H,1-2H3,(H,12,13). The van der Waals surface area contributed by atoms with Crippen molar-refractivity contribution in [3.8, 4) is 11.3 Å². The molecule has 1 N–H and O–H groups in total. The van der Waals surface area contributed by atoms with Gasteiger partial charge in [-0.05, 0) is 13.0 Å². The first kappa shape index (κ1) is 10.9. The van der Waals surface area contributed by atoms with Gasteiger partial charge in [0.05, 0.1) is 11.9 Å². The molecule has 0 atom stereocenters. The first-order valence-electron chi connectivity index (χ1n) is 4.79. The van der Waals surface area contributed by atoms with Gasteiger partial charge in [-0.25, -0.2) is 8.42 Å². The zero-order valence-corrected chi connectivity index (χ0v) is 9.88. The molecule has 0 fully saturated rings. The number of H-pyrrole nitrogens is 1. The maximum atomic E-state index is 11.5. The monoisotopic (exact) mass is 236 g/mol. The lowest BCUT2D eigenvalue weighted by molar-refractivity contribution is 0.602. The van der Waals surface area contributed by atoms with E-state index < -0.39 is 9.84 Å². The maximum absolute atomic E-state index is 11.5. The Labute approximate surface area is 94.2 Å². The molecule has 1 aromatic heterocycles. The van der Waals surface area contributed by atoms with Crippen molar-refractivity contribution in [2.45, 2.75) is 11.8 Å². The Morgan fingerprint density at radius 2 is 2.06 bits per heavy atom. The average Bonchev–Trinajstić information content (AvgIpc) is 2.65. The van der Waals surface area contributed by atoms with Gasteiger partial charge in [0.25, 0.3) is 0 Å². The van der Waals surface area contributed by atoms with Gasteiger partial charge in [-0.15, -0.1) is 0 Å². The highest BCUT2D eigenvalue weighted by molar-refractivity contribution is 7.90. The fourth-order valence-corrected chi connectivity index (χ4v) is 2.34. The number of benzene rings is 1. The minimum absolute atomic E-state index is 0.234. The molecule has 2 aromatic rings. The Morgan fingerprint density at radius 1 is 1.31 bits per heavy atom. The van der Waals surface area contributed by atoms with Crippen LogP contribution in [-0.4, -0.2) is 24.9 Å². The fraction of sp³-hybridized carbons (Fsp3) is 0.182. The zero-order valence-electron chi connectivity index (χ0n) is 9.06. The number of rotatable bonds is 2. The van der Waals surface area contributed by atoms with Crippen LogP contribution < -0.4 is 0 Å². The molecule has 0 spiro atoms. The van der Waals surface area contributed by atoms with E-state index in [0.29, 0.717) is 5.69 Å². The van der Waals surface area contributed by atoms with Crippen LogP contribution in [0.4, 0.5) is 0 Å². The molecule has 2 rings (SSSR count). The molecule has 0 radical (unpaired) electrons. The summed E-state index contributed by atoms with van der Waals surface area (Å²) in [4.78, 5) is 0.234. The molecule has 84 valence electrons. The molecule has 0 bridgehead atoms. The van der Waals surface area contributed by atoms with Crippen LogP contribution in [0.25, 0.3) is 11.3 Å². The van der Waals surface area contributed by atoms with Crippen LogP contribution in [0.15, 0.2) is 35.4 Å². The van der Waals surface area contributed by atoms with Crippen molar-refractivity contribution in [3.05, 3.63) is 36.0 Å². The van der Waals surface area contributed by atoms with Gasteiger partial charge in [-0.3, -0.25) is 5.10 Å². The van der Waals surface area contributed by atoms with Gasteiger partial charge >= 0.3 is 0 Å². The average molecular weight is 236 g/mol. The molecule has 4 nitrogen and oxygen atoms in total. The Morgan fingerprint density at radius 3 is 2.69 bits per heavy atom.